The number of carbonyl (C=O) groups is 1. The summed E-state index contributed by atoms with van der Waals surface area (Å²) in [5.74, 6) is 0.741. The molecule has 0 bridgehead atoms. The first kappa shape index (κ1) is 35.1. The van der Waals surface area contributed by atoms with E-state index in [1.807, 2.05) is 56.4 Å². The summed E-state index contributed by atoms with van der Waals surface area (Å²) in [7, 11) is 1.83. The maximum Gasteiger partial charge on any atom is 0.255 e. The van der Waals surface area contributed by atoms with Gasteiger partial charge in [-0.2, -0.15) is 0 Å². The minimum absolute atomic E-state index is 0.185. The van der Waals surface area contributed by atoms with Gasteiger partial charge in [-0.25, -0.2) is 0 Å². The second-order valence-electron chi connectivity index (χ2n) is 8.72. The Morgan fingerprint density at radius 3 is 2.55 bits per heavy atom. The molecule has 42 heavy (non-hydrogen) atoms. The highest BCUT2D eigenvalue weighted by molar-refractivity contribution is 8.00. The molecule has 10 heteroatoms. The van der Waals surface area contributed by atoms with Crippen molar-refractivity contribution in [2.45, 2.75) is 20.3 Å². The van der Waals surface area contributed by atoms with Crippen LogP contribution in [0.25, 0.3) is 10.8 Å². The number of amides is 1. The van der Waals surface area contributed by atoms with E-state index in [0.29, 0.717) is 33.7 Å². The van der Waals surface area contributed by atoms with Crippen LogP contribution in [0.1, 0.15) is 30.6 Å². The molecule has 1 saturated heterocycles. The van der Waals surface area contributed by atoms with Crippen LogP contribution in [0.2, 0.25) is 5.02 Å². The lowest BCUT2D eigenvalue weighted by Crippen LogP contribution is -2.25. The van der Waals surface area contributed by atoms with Gasteiger partial charge in [-0.15, -0.1) is 0 Å². The molecule has 4 N–H and O–H groups in total. The van der Waals surface area contributed by atoms with Crippen molar-refractivity contribution in [2.24, 2.45) is 0 Å². The summed E-state index contributed by atoms with van der Waals surface area (Å²) in [5, 5.41) is 8.55. The van der Waals surface area contributed by atoms with Crippen molar-refractivity contribution >= 4 is 68.9 Å². The number of nitrogens with zero attached hydrogens (tertiary/aromatic N) is 1. The number of hydrogen-bond acceptors (Lipinski definition) is 7. The molecule has 0 aromatic heterocycles. The lowest BCUT2D eigenvalue weighted by Gasteiger charge is -2.27. The van der Waals surface area contributed by atoms with Crippen molar-refractivity contribution in [3.8, 4) is 0 Å². The third kappa shape index (κ3) is 11.6. The van der Waals surface area contributed by atoms with Gasteiger partial charge in [0, 0.05) is 64.4 Å². The Morgan fingerprint density at radius 1 is 1.19 bits per heavy atom. The Morgan fingerprint density at radius 2 is 1.95 bits per heavy atom. The van der Waals surface area contributed by atoms with Crippen LogP contribution in [0.4, 0.5) is 17.1 Å². The Hall–Kier alpha value is -3.14. The number of halogens is 2. The first-order valence-electron chi connectivity index (χ1n) is 13.6. The fourth-order valence-corrected chi connectivity index (χ4v) is 4.79. The van der Waals surface area contributed by atoms with Gasteiger partial charge in [0.05, 0.1) is 11.6 Å². The number of nitrogen functional groups attached to an aromatic ring is 1. The first-order chi connectivity index (χ1) is 20.4. The van der Waals surface area contributed by atoms with Gasteiger partial charge in [-0.1, -0.05) is 54.9 Å². The van der Waals surface area contributed by atoms with E-state index < -0.39 is 0 Å². The van der Waals surface area contributed by atoms with Gasteiger partial charge >= 0.3 is 0 Å². The van der Waals surface area contributed by atoms with Gasteiger partial charge in [-0.05, 0) is 86.1 Å². The monoisotopic (exact) mass is 630 g/mol. The Bertz CT molecular complexity index is 1320. The van der Waals surface area contributed by atoms with E-state index in [-0.39, 0.29) is 5.91 Å². The number of carbonyl (C=O) groups excluding carboxylic acids is 1. The first-order valence-corrected chi connectivity index (χ1v) is 15.3. The Balaban J connectivity index is 0.000000341. The molecular formula is C32H40Cl2N4O3S. The molecule has 0 unspecified atom stereocenters. The second kappa shape index (κ2) is 19.9. The lowest BCUT2D eigenvalue weighted by molar-refractivity contribution is 0.102. The van der Waals surface area contributed by atoms with Crippen LogP contribution in [-0.4, -0.2) is 45.3 Å². The van der Waals surface area contributed by atoms with Gasteiger partial charge in [0.25, 0.3) is 5.91 Å². The van der Waals surface area contributed by atoms with Crippen molar-refractivity contribution in [1.82, 2.24) is 5.32 Å². The molecule has 0 saturated carbocycles. The summed E-state index contributed by atoms with van der Waals surface area (Å²) < 4.78 is 12.5. The van der Waals surface area contributed by atoms with E-state index in [4.69, 9.17) is 38.4 Å². The molecule has 1 aliphatic rings. The Labute approximate surface area is 263 Å². The smallest absolute Gasteiger partial charge is 0.255 e. The van der Waals surface area contributed by atoms with Gasteiger partial charge < -0.3 is 25.8 Å². The van der Waals surface area contributed by atoms with Crippen molar-refractivity contribution < 1.29 is 14.3 Å². The number of ether oxygens (including phenoxy) is 2. The number of nitrogens with one attached hydrogen (secondary N) is 2. The molecule has 0 aliphatic carbocycles. The fraction of sp³-hybridized carbons (Fsp3) is 0.281. The summed E-state index contributed by atoms with van der Waals surface area (Å²) in [6.45, 7) is 10.7. The number of fused-ring (bicyclic) bond motifs is 1. The van der Waals surface area contributed by atoms with Crippen molar-refractivity contribution in [3.05, 3.63) is 101 Å². The number of nitrogens with two attached hydrogens (primary N) is 1. The predicted octanol–water partition coefficient (Wildman–Crippen LogP) is 8.23. The topological polar surface area (TPSA) is 88.8 Å². The molecule has 3 aromatic carbocycles. The fourth-order valence-electron chi connectivity index (χ4n) is 3.61. The zero-order chi connectivity index (χ0) is 30.7. The van der Waals surface area contributed by atoms with Crippen LogP contribution < -0.4 is 20.7 Å². The van der Waals surface area contributed by atoms with E-state index in [0.717, 1.165) is 48.5 Å². The maximum absolute atomic E-state index is 12.7. The van der Waals surface area contributed by atoms with Crippen LogP contribution in [0.15, 0.2) is 90.6 Å². The van der Waals surface area contributed by atoms with E-state index >= 15 is 0 Å². The zero-order valence-corrected chi connectivity index (χ0v) is 26.7. The minimum atomic E-state index is -0.185. The highest BCUT2D eigenvalue weighted by Gasteiger charge is 2.14. The van der Waals surface area contributed by atoms with Crippen molar-refractivity contribution in [1.29, 1.82) is 0 Å². The van der Waals surface area contributed by atoms with Crippen LogP contribution >= 0.6 is 35.1 Å². The van der Waals surface area contributed by atoms with Crippen LogP contribution in [0, 0.1) is 0 Å². The molecule has 1 fully saturated rings. The molecular weight excluding hydrogens is 591 g/mol. The third-order valence-electron chi connectivity index (χ3n) is 5.64. The average Bonchev–Trinajstić information content (AvgIpc) is 3.02. The molecule has 4 rings (SSSR count). The van der Waals surface area contributed by atoms with E-state index in [2.05, 4.69) is 28.4 Å². The van der Waals surface area contributed by atoms with Crippen molar-refractivity contribution in [3.63, 3.8) is 0 Å². The standard InChI is InChI=1S/C20H18ClN3O2S.C7H10ClN.C5H12O/c21-16-8-9-18(15-2-1-3-17(22)19(15)16)23-20(25)13-4-6-14(7-5-13)24-12-26-10-11-27-24;1-3-7(8)5-4-6-9-2;1-3-5-6-4-2/h1-9H,10-12,22H2,(H,23,25);3-6,9H,1H2,2H3;3-5H2,1-2H3/b;6-4+,7-5-;. The van der Waals surface area contributed by atoms with Gasteiger partial charge in [0.2, 0.25) is 0 Å². The van der Waals surface area contributed by atoms with Crippen LogP contribution in [0.5, 0.6) is 0 Å². The predicted molar refractivity (Wildman–Crippen MR) is 183 cm³/mol. The number of benzene rings is 3. The highest BCUT2D eigenvalue weighted by atomic mass is 35.5. The zero-order valence-electron chi connectivity index (χ0n) is 24.4. The van der Waals surface area contributed by atoms with Crippen LogP contribution in [-0.2, 0) is 9.47 Å². The SMILES string of the molecule is C=C/C(Cl)=C/C=C/NC.CCCOCC.Nc1cccc2c(NC(=O)c3ccc(N4COCCS4)cc3)ccc(Cl)c12. The van der Waals surface area contributed by atoms with Gasteiger partial charge in [0.15, 0.2) is 0 Å². The number of allylic oxidation sites excluding steroid dienone is 4. The Kier molecular flexibility index (Phi) is 16.6. The molecule has 1 heterocycles. The summed E-state index contributed by atoms with van der Waals surface area (Å²) in [6, 6.07) is 16.5. The molecule has 1 aliphatic heterocycles. The summed E-state index contributed by atoms with van der Waals surface area (Å²) in [4.78, 5) is 12.7. The van der Waals surface area contributed by atoms with Gasteiger partial charge in [0.1, 0.15) is 6.73 Å². The number of rotatable bonds is 9. The normalized spacial score (nSPS) is 13.1. The second-order valence-corrected chi connectivity index (χ2v) is 10.7. The molecule has 226 valence electrons. The largest absolute Gasteiger partial charge is 0.398 e. The lowest BCUT2D eigenvalue weighted by atomic mass is 10.1. The molecule has 0 atom stereocenters. The minimum Gasteiger partial charge on any atom is -0.398 e. The van der Waals surface area contributed by atoms with Gasteiger partial charge in [-0.3, -0.25) is 9.10 Å². The molecule has 1 amide bonds. The van der Waals surface area contributed by atoms with E-state index in [1.54, 1.807) is 48.5 Å². The molecule has 3 aromatic rings. The highest BCUT2D eigenvalue weighted by Crippen LogP contribution is 2.34. The summed E-state index contributed by atoms with van der Waals surface area (Å²) in [6.07, 6.45) is 8.07. The third-order valence-corrected chi connectivity index (χ3v) is 7.21. The quantitative estimate of drug-likeness (QED) is 0.0949. The number of anilines is 3. The summed E-state index contributed by atoms with van der Waals surface area (Å²) >= 11 is 13.6. The van der Waals surface area contributed by atoms with Crippen molar-refractivity contribution in [2.75, 3.05) is 54.7 Å². The average molecular weight is 632 g/mol. The maximum atomic E-state index is 12.7. The molecule has 0 spiro atoms. The summed E-state index contributed by atoms with van der Waals surface area (Å²) in [5.41, 5.74) is 8.89. The molecule has 0 radical (unpaired) electrons. The van der Waals surface area contributed by atoms with E-state index in [9.17, 15) is 4.79 Å². The number of hydrogen-bond donors (Lipinski definition) is 3. The molecule has 7 nitrogen and oxygen atoms in total. The van der Waals surface area contributed by atoms with E-state index in [1.165, 1.54) is 0 Å². The van der Waals surface area contributed by atoms with Crippen LogP contribution in [0.3, 0.4) is 0 Å².